The number of sulfonamides is 1. The van der Waals surface area contributed by atoms with Crippen LogP contribution in [0.25, 0.3) is 0 Å². The average Bonchev–Trinajstić information content (AvgIpc) is 3.10. The summed E-state index contributed by atoms with van der Waals surface area (Å²) < 4.78 is 27.3. The number of carbonyl (C=O) groups is 1. The van der Waals surface area contributed by atoms with Crippen molar-refractivity contribution in [3.05, 3.63) is 70.7 Å². The van der Waals surface area contributed by atoms with Gasteiger partial charge in [-0.2, -0.15) is 0 Å². The highest BCUT2D eigenvalue weighted by Gasteiger charge is 2.18. The minimum absolute atomic E-state index is 0.140. The lowest BCUT2D eigenvalue weighted by molar-refractivity contribution is 0.102. The van der Waals surface area contributed by atoms with Crippen LogP contribution in [-0.2, 0) is 10.0 Å². The molecule has 8 heteroatoms. The number of aromatic nitrogens is 1. The summed E-state index contributed by atoms with van der Waals surface area (Å²) >= 11 is 1.06. The van der Waals surface area contributed by atoms with Crippen molar-refractivity contribution < 1.29 is 13.2 Å². The van der Waals surface area contributed by atoms with Gasteiger partial charge in [-0.25, -0.2) is 13.4 Å². The van der Waals surface area contributed by atoms with Crippen molar-refractivity contribution in [2.75, 3.05) is 10.0 Å². The molecule has 0 atom stereocenters. The molecule has 1 aromatic heterocycles. The van der Waals surface area contributed by atoms with Crippen LogP contribution >= 0.6 is 11.3 Å². The Bertz CT molecular complexity index is 1070. The van der Waals surface area contributed by atoms with E-state index < -0.39 is 15.9 Å². The number of benzene rings is 2. The molecule has 0 aliphatic heterocycles. The van der Waals surface area contributed by atoms with Gasteiger partial charge in [0.15, 0.2) is 5.13 Å². The van der Waals surface area contributed by atoms with Gasteiger partial charge in [0.05, 0.1) is 4.90 Å². The summed E-state index contributed by atoms with van der Waals surface area (Å²) in [6.07, 6.45) is 0. The fraction of sp³-hybridized carbons (Fsp3) is 0.200. The molecule has 0 saturated carbocycles. The van der Waals surface area contributed by atoms with E-state index in [-0.39, 0.29) is 15.7 Å². The Kier molecular flexibility index (Phi) is 5.81. The predicted molar refractivity (Wildman–Crippen MR) is 113 cm³/mol. The zero-order chi connectivity index (χ0) is 20.3. The molecule has 0 aliphatic carbocycles. The second-order valence-electron chi connectivity index (χ2n) is 6.69. The lowest BCUT2D eigenvalue weighted by atomic mass is 10.0. The number of thiazole rings is 1. The van der Waals surface area contributed by atoms with Crippen molar-refractivity contribution in [3.63, 3.8) is 0 Å². The molecule has 0 fully saturated rings. The second kappa shape index (κ2) is 8.12. The number of hydrogen-bond acceptors (Lipinski definition) is 5. The molecular weight excluding hydrogens is 394 g/mol. The van der Waals surface area contributed by atoms with Crippen LogP contribution in [0, 0.1) is 6.92 Å². The molecule has 3 aromatic rings. The molecule has 2 aromatic carbocycles. The van der Waals surface area contributed by atoms with Crippen LogP contribution in [0.1, 0.15) is 41.4 Å². The molecule has 0 saturated heterocycles. The number of carbonyl (C=O) groups excluding carboxylic acids is 1. The molecule has 6 nitrogen and oxygen atoms in total. The minimum atomic E-state index is -3.75. The minimum Gasteiger partial charge on any atom is -0.321 e. The van der Waals surface area contributed by atoms with Crippen molar-refractivity contribution in [3.8, 4) is 0 Å². The van der Waals surface area contributed by atoms with E-state index in [1.54, 1.807) is 12.1 Å². The van der Waals surface area contributed by atoms with Gasteiger partial charge in [0.1, 0.15) is 5.69 Å². The Balaban J connectivity index is 1.69. The number of anilines is 2. The van der Waals surface area contributed by atoms with Gasteiger partial charge in [-0.1, -0.05) is 43.7 Å². The summed E-state index contributed by atoms with van der Waals surface area (Å²) in [7, 11) is -3.75. The van der Waals surface area contributed by atoms with E-state index in [1.807, 2.05) is 31.2 Å². The van der Waals surface area contributed by atoms with Crippen LogP contribution in [0.3, 0.4) is 0 Å². The van der Waals surface area contributed by atoms with Crippen LogP contribution in [-0.4, -0.2) is 19.3 Å². The van der Waals surface area contributed by atoms with Crippen molar-refractivity contribution in [1.29, 1.82) is 0 Å². The van der Waals surface area contributed by atoms with Crippen LogP contribution < -0.4 is 10.0 Å². The highest BCUT2D eigenvalue weighted by molar-refractivity contribution is 7.93. The molecule has 0 unspecified atom stereocenters. The molecule has 146 valence electrons. The summed E-state index contributed by atoms with van der Waals surface area (Å²) in [5.41, 5.74) is 2.96. The molecular formula is C20H21N3O3S2. The Morgan fingerprint density at radius 1 is 1.04 bits per heavy atom. The Morgan fingerprint density at radius 2 is 1.68 bits per heavy atom. The maximum atomic E-state index is 12.4. The van der Waals surface area contributed by atoms with E-state index in [0.29, 0.717) is 11.6 Å². The first-order chi connectivity index (χ1) is 13.2. The third kappa shape index (κ3) is 4.76. The molecule has 0 bridgehead atoms. The van der Waals surface area contributed by atoms with E-state index in [9.17, 15) is 13.2 Å². The van der Waals surface area contributed by atoms with Crippen molar-refractivity contribution in [1.82, 2.24) is 4.98 Å². The molecule has 1 heterocycles. The maximum Gasteiger partial charge on any atom is 0.275 e. The van der Waals surface area contributed by atoms with E-state index in [2.05, 4.69) is 28.9 Å². The molecule has 28 heavy (non-hydrogen) atoms. The maximum absolute atomic E-state index is 12.4. The van der Waals surface area contributed by atoms with Gasteiger partial charge in [-0.3, -0.25) is 9.52 Å². The van der Waals surface area contributed by atoms with Gasteiger partial charge in [0.2, 0.25) is 0 Å². The zero-order valence-corrected chi connectivity index (χ0v) is 17.4. The van der Waals surface area contributed by atoms with Gasteiger partial charge in [0, 0.05) is 11.1 Å². The first-order valence-corrected chi connectivity index (χ1v) is 11.1. The summed E-state index contributed by atoms with van der Waals surface area (Å²) in [5, 5.41) is 4.42. The average molecular weight is 416 g/mol. The van der Waals surface area contributed by atoms with Gasteiger partial charge >= 0.3 is 0 Å². The number of nitrogens with zero attached hydrogens (tertiary/aromatic N) is 1. The molecule has 0 radical (unpaired) electrons. The van der Waals surface area contributed by atoms with E-state index in [1.165, 1.54) is 23.1 Å². The van der Waals surface area contributed by atoms with E-state index in [0.717, 1.165) is 16.9 Å². The number of rotatable bonds is 6. The zero-order valence-electron chi connectivity index (χ0n) is 15.8. The number of amides is 1. The molecule has 0 aliphatic rings. The lowest BCUT2D eigenvalue weighted by Crippen LogP contribution is -2.14. The number of hydrogen-bond donors (Lipinski definition) is 2. The quantitative estimate of drug-likeness (QED) is 0.614. The SMILES string of the molecule is Cc1ccc(S(=O)(=O)Nc2nc(C(=O)Nc3ccc(C(C)C)cc3)cs2)cc1. The Hall–Kier alpha value is -2.71. The van der Waals surface area contributed by atoms with Crippen molar-refractivity contribution >= 4 is 38.1 Å². The van der Waals surface area contributed by atoms with Gasteiger partial charge < -0.3 is 5.32 Å². The van der Waals surface area contributed by atoms with Crippen molar-refractivity contribution in [2.24, 2.45) is 0 Å². The van der Waals surface area contributed by atoms with Crippen LogP contribution in [0.4, 0.5) is 10.8 Å². The largest absolute Gasteiger partial charge is 0.321 e. The fourth-order valence-electron chi connectivity index (χ4n) is 2.46. The van der Waals surface area contributed by atoms with E-state index >= 15 is 0 Å². The smallest absolute Gasteiger partial charge is 0.275 e. The van der Waals surface area contributed by atoms with Crippen LogP contribution in [0.5, 0.6) is 0 Å². The fourth-order valence-corrected chi connectivity index (χ4v) is 4.41. The predicted octanol–water partition coefficient (Wildman–Crippen LogP) is 4.63. The Morgan fingerprint density at radius 3 is 2.29 bits per heavy atom. The third-order valence-electron chi connectivity index (χ3n) is 4.12. The van der Waals surface area contributed by atoms with Crippen LogP contribution in [0.2, 0.25) is 0 Å². The first kappa shape index (κ1) is 20.0. The topological polar surface area (TPSA) is 88.2 Å². The van der Waals surface area contributed by atoms with Gasteiger partial charge in [0.25, 0.3) is 15.9 Å². The molecule has 1 amide bonds. The summed E-state index contributed by atoms with van der Waals surface area (Å²) in [4.78, 5) is 16.6. The van der Waals surface area contributed by atoms with E-state index in [4.69, 9.17) is 0 Å². The molecule has 3 rings (SSSR count). The summed E-state index contributed by atoms with van der Waals surface area (Å²) in [5.74, 6) is 0.0155. The third-order valence-corrected chi connectivity index (χ3v) is 6.37. The highest BCUT2D eigenvalue weighted by Crippen LogP contribution is 2.22. The van der Waals surface area contributed by atoms with Gasteiger partial charge in [-0.05, 0) is 42.7 Å². The second-order valence-corrected chi connectivity index (χ2v) is 9.23. The lowest BCUT2D eigenvalue weighted by Gasteiger charge is -2.07. The van der Waals surface area contributed by atoms with Crippen LogP contribution in [0.15, 0.2) is 58.8 Å². The van der Waals surface area contributed by atoms with Crippen molar-refractivity contribution in [2.45, 2.75) is 31.6 Å². The standard InChI is InChI=1S/C20H21N3O3S2/c1-13(2)15-6-8-16(9-7-15)21-19(24)18-12-27-20(22-18)23-28(25,26)17-10-4-14(3)5-11-17/h4-13H,1-3H3,(H,21,24)(H,22,23). The first-order valence-electron chi connectivity index (χ1n) is 8.71. The Labute approximate surface area is 168 Å². The normalized spacial score (nSPS) is 11.4. The number of nitrogens with one attached hydrogen (secondary N) is 2. The van der Waals surface area contributed by atoms with Gasteiger partial charge in [-0.15, -0.1) is 11.3 Å². The number of aryl methyl sites for hydroxylation is 1. The monoisotopic (exact) mass is 415 g/mol. The molecule has 0 spiro atoms. The summed E-state index contributed by atoms with van der Waals surface area (Å²) in [6, 6.07) is 14.1. The summed E-state index contributed by atoms with van der Waals surface area (Å²) in [6.45, 7) is 6.08. The highest BCUT2D eigenvalue weighted by atomic mass is 32.2. The molecule has 2 N–H and O–H groups in total.